The molecule has 5 heteroatoms. The van der Waals surface area contributed by atoms with Crippen LogP contribution in [0.2, 0.25) is 0 Å². The molecule has 12 atom stereocenters. The van der Waals surface area contributed by atoms with Gasteiger partial charge in [-0.25, -0.2) is 0 Å². The summed E-state index contributed by atoms with van der Waals surface area (Å²) in [7, 11) is 3.65. The zero-order valence-corrected chi connectivity index (χ0v) is 16.9. The Kier molecular flexibility index (Phi) is 3.58. The first-order valence-electron chi connectivity index (χ1n) is 11.2. The van der Waals surface area contributed by atoms with E-state index in [1.807, 2.05) is 7.11 Å². The Labute approximate surface area is 162 Å². The molecule has 152 valence electrons. The molecule has 1 spiro atoms. The van der Waals surface area contributed by atoms with Crippen LogP contribution in [0.25, 0.3) is 0 Å². The van der Waals surface area contributed by atoms with Gasteiger partial charge < -0.3 is 19.7 Å². The minimum atomic E-state index is -0.786. The molecule has 6 fully saturated rings. The summed E-state index contributed by atoms with van der Waals surface area (Å²) in [6, 6.07) is 0.404. The quantitative estimate of drug-likeness (QED) is 0.781. The third-order valence-corrected chi connectivity index (χ3v) is 10.5. The fraction of sp³-hybridized carbons (Fsp3) is 1.00. The fourth-order valence-electron chi connectivity index (χ4n) is 9.96. The second-order valence-corrected chi connectivity index (χ2v) is 10.5. The number of rotatable bonds is 3. The van der Waals surface area contributed by atoms with E-state index in [0.717, 1.165) is 31.7 Å². The van der Waals surface area contributed by atoms with Gasteiger partial charge in [-0.1, -0.05) is 6.92 Å². The molecule has 1 heterocycles. The Morgan fingerprint density at radius 3 is 2.59 bits per heavy atom. The van der Waals surface area contributed by atoms with Crippen LogP contribution in [0.15, 0.2) is 0 Å². The highest BCUT2D eigenvalue weighted by molar-refractivity contribution is 5.31. The number of piperidine rings is 1. The van der Waals surface area contributed by atoms with E-state index in [2.05, 4.69) is 11.8 Å². The zero-order valence-electron chi connectivity index (χ0n) is 16.9. The molecule has 5 saturated carbocycles. The summed E-state index contributed by atoms with van der Waals surface area (Å²) in [4.78, 5) is 2.69. The third-order valence-electron chi connectivity index (χ3n) is 10.5. The van der Waals surface area contributed by atoms with Crippen LogP contribution in [-0.2, 0) is 9.47 Å². The molecule has 5 aliphatic carbocycles. The topological polar surface area (TPSA) is 62.2 Å². The van der Waals surface area contributed by atoms with Gasteiger partial charge in [-0.2, -0.15) is 0 Å². The van der Waals surface area contributed by atoms with Gasteiger partial charge in [-0.15, -0.1) is 0 Å². The maximum atomic E-state index is 12.2. The number of ether oxygens (including phenoxy) is 2. The summed E-state index contributed by atoms with van der Waals surface area (Å²) in [5.74, 6) is 2.17. The van der Waals surface area contributed by atoms with Gasteiger partial charge in [0.2, 0.25) is 0 Å². The second kappa shape index (κ2) is 5.48. The molecule has 1 saturated heterocycles. The summed E-state index contributed by atoms with van der Waals surface area (Å²) in [5.41, 5.74) is -0.669. The summed E-state index contributed by atoms with van der Waals surface area (Å²) in [6.07, 6.45) is 5.04. The first-order valence-corrected chi connectivity index (χ1v) is 11.2. The normalized spacial score (nSPS) is 63.4. The maximum Gasteiger partial charge on any atom is 0.0771 e. The molecule has 27 heavy (non-hydrogen) atoms. The lowest BCUT2D eigenvalue weighted by Gasteiger charge is -2.67. The molecular weight excluding hydrogens is 342 g/mol. The molecule has 7 unspecified atom stereocenters. The monoisotopic (exact) mass is 377 g/mol. The predicted molar refractivity (Wildman–Crippen MR) is 100 cm³/mol. The summed E-state index contributed by atoms with van der Waals surface area (Å²) in [6.45, 7) is 4.52. The van der Waals surface area contributed by atoms with Gasteiger partial charge >= 0.3 is 0 Å². The van der Waals surface area contributed by atoms with E-state index >= 15 is 0 Å². The lowest BCUT2D eigenvalue weighted by molar-refractivity contribution is -0.259. The van der Waals surface area contributed by atoms with Crippen molar-refractivity contribution >= 4 is 0 Å². The Hall–Kier alpha value is -0.200. The number of methoxy groups -OCH3 is 2. The smallest absolute Gasteiger partial charge is 0.0771 e. The van der Waals surface area contributed by atoms with Crippen LogP contribution in [-0.4, -0.2) is 72.4 Å². The van der Waals surface area contributed by atoms with E-state index in [1.165, 1.54) is 13.0 Å². The van der Waals surface area contributed by atoms with E-state index in [0.29, 0.717) is 24.3 Å². The highest BCUT2D eigenvalue weighted by Crippen LogP contribution is 2.77. The highest BCUT2D eigenvalue weighted by Gasteiger charge is 2.81. The van der Waals surface area contributed by atoms with E-state index in [1.54, 1.807) is 7.11 Å². The first kappa shape index (κ1) is 17.6. The molecule has 0 aromatic rings. The molecule has 2 N–H and O–H groups in total. The van der Waals surface area contributed by atoms with E-state index in [4.69, 9.17) is 9.47 Å². The molecule has 0 amide bonds. The average Bonchev–Trinajstić information content (AvgIpc) is 3.06. The van der Waals surface area contributed by atoms with Gasteiger partial charge in [0.05, 0.1) is 23.9 Å². The van der Waals surface area contributed by atoms with E-state index in [-0.39, 0.29) is 35.4 Å². The standard InChI is InChI=1S/C22H35NO4/c1-4-23-10-11-5-6-17(27-3)22-13(11)8-15(20(22)23)21(25)9-16(26-2)12-7-14(22)18(21)19(12)24/h11-20,24-25H,4-10H2,1-3H3/t11-,12+,13?,14?,15?,16-,17?,18?,19-,20?,21-,22?/m0/s1. The number of aliphatic hydroxyl groups excluding tert-OH is 1. The number of likely N-dealkylation sites (tertiary alicyclic amines) is 1. The van der Waals surface area contributed by atoms with Gasteiger partial charge in [0.15, 0.2) is 0 Å². The Balaban J connectivity index is 1.57. The number of hydrogen-bond acceptors (Lipinski definition) is 5. The lowest BCUT2D eigenvalue weighted by atomic mass is 9.46. The van der Waals surface area contributed by atoms with Crippen molar-refractivity contribution in [1.29, 1.82) is 0 Å². The Bertz CT molecular complexity index is 644. The molecule has 5 nitrogen and oxygen atoms in total. The van der Waals surface area contributed by atoms with Gasteiger partial charge in [-0.3, -0.25) is 4.90 Å². The first-order chi connectivity index (χ1) is 13.0. The number of aliphatic hydroxyl groups is 2. The number of hydrogen-bond donors (Lipinski definition) is 2. The molecule has 0 aromatic carbocycles. The van der Waals surface area contributed by atoms with E-state index in [9.17, 15) is 10.2 Å². The van der Waals surface area contributed by atoms with Crippen molar-refractivity contribution in [2.24, 2.45) is 40.9 Å². The van der Waals surface area contributed by atoms with E-state index < -0.39 is 11.7 Å². The highest BCUT2D eigenvalue weighted by atomic mass is 16.5. The van der Waals surface area contributed by atoms with Crippen LogP contribution in [0.1, 0.15) is 39.0 Å². The SMILES string of the molecule is CCN1C[C@@H]2CCC(OC)C34C5C[C@@H]6[C@@H](OC)C[C@](O)(C(CC23)C14)C5[C@H]6O. The lowest BCUT2D eigenvalue weighted by Crippen LogP contribution is -2.74. The van der Waals surface area contributed by atoms with Crippen molar-refractivity contribution in [3.63, 3.8) is 0 Å². The molecule has 1 aliphatic heterocycles. The van der Waals surface area contributed by atoms with Crippen LogP contribution in [0.3, 0.4) is 0 Å². The van der Waals surface area contributed by atoms with Gasteiger partial charge in [0, 0.05) is 56.4 Å². The van der Waals surface area contributed by atoms with Crippen LogP contribution >= 0.6 is 0 Å². The Morgan fingerprint density at radius 1 is 1.07 bits per heavy atom. The Morgan fingerprint density at radius 2 is 1.89 bits per heavy atom. The zero-order chi connectivity index (χ0) is 18.7. The van der Waals surface area contributed by atoms with Crippen molar-refractivity contribution in [3.05, 3.63) is 0 Å². The molecule has 6 rings (SSSR count). The minimum absolute atomic E-state index is 0.00774. The minimum Gasteiger partial charge on any atom is -0.392 e. The van der Waals surface area contributed by atoms with Gasteiger partial charge in [-0.05, 0) is 50.0 Å². The van der Waals surface area contributed by atoms with Crippen LogP contribution in [0, 0.1) is 40.9 Å². The molecule has 0 aromatic heterocycles. The van der Waals surface area contributed by atoms with Crippen LogP contribution in [0.4, 0.5) is 0 Å². The van der Waals surface area contributed by atoms with Crippen molar-refractivity contribution in [2.75, 3.05) is 27.3 Å². The summed E-state index contributed by atoms with van der Waals surface area (Å²) < 4.78 is 12.1. The number of nitrogens with zero attached hydrogens (tertiary/aromatic N) is 1. The van der Waals surface area contributed by atoms with Crippen molar-refractivity contribution in [1.82, 2.24) is 4.90 Å². The average molecular weight is 378 g/mol. The van der Waals surface area contributed by atoms with Gasteiger partial charge in [0.25, 0.3) is 0 Å². The van der Waals surface area contributed by atoms with Crippen molar-refractivity contribution in [3.8, 4) is 0 Å². The number of fused-ring (bicyclic) bond motifs is 2. The largest absolute Gasteiger partial charge is 0.392 e. The van der Waals surface area contributed by atoms with Crippen LogP contribution < -0.4 is 0 Å². The molecule has 0 radical (unpaired) electrons. The van der Waals surface area contributed by atoms with Crippen LogP contribution in [0.5, 0.6) is 0 Å². The molecular formula is C22H35NO4. The van der Waals surface area contributed by atoms with Crippen molar-refractivity contribution < 1.29 is 19.7 Å². The van der Waals surface area contributed by atoms with Gasteiger partial charge in [0.1, 0.15) is 0 Å². The maximum absolute atomic E-state index is 12.2. The second-order valence-electron chi connectivity index (χ2n) is 10.5. The predicted octanol–water partition coefficient (Wildman–Crippen LogP) is 1.51. The molecule has 7 bridgehead atoms. The third kappa shape index (κ3) is 1.73. The van der Waals surface area contributed by atoms with Crippen molar-refractivity contribution in [2.45, 2.75) is 69.0 Å². The summed E-state index contributed by atoms with van der Waals surface area (Å²) in [5, 5.41) is 23.5. The summed E-state index contributed by atoms with van der Waals surface area (Å²) >= 11 is 0. The molecule has 6 aliphatic rings. The fourth-order valence-corrected chi connectivity index (χ4v) is 9.96.